The number of aryl methyl sites for hydroxylation is 3. The Morgan fingerprint density at radius 2 is 1.93 bits per heavy atom. The van der Waals surface area contributed by atoms with Gasteiger partial charge in [0.1, 0.15) is 11.5 Å². The zero-order valence-electron chi connectivity index (χ0n) is 23.9. The Hall–Kier alpha value is -2.50. The molecule has 3 rings (SSSR count). The number of aromatic nitrogens is 2. The molecule has 1 aliphatic heterocycles. The van der Waals surface area contributed by atoms with Crippen molar-refractivity contribution in [3.63, 3.8) is 0 Å². The summed E-state index contributed by atoms with van der Waals surface area (Å²) in [5.74, 6) is -2.33. The fraction of sp³-hybridized carbons (Fsp3) is 0.625. The SMILES string of the molecule is COC[C@H](C)N(C(=O)CCl)c1c(C)csc1C.Cn1nc(C(F)(F)F)c(CS(=O)(=O)C2=NOC(C)(C)C2)c1OC(F)F. The summed E-state index contributed by atoms with van der Waals surface area (Å²) in [6.07, 6.45) is -5.22. The Labute approximate surface area is 249 Å². The van der Waals surface area contributed by atoms with Gasteiger partial charge in [0.25, 0.3) is 0 Å². The number of methoxy groups -OCH3 is 1. The average Bonchev–Trinajstić information content (AvgIpc) is 3.50. The molecule has 0 radical (unpaired) electrons. The number of carbonyl (C=O) groups is 1. The van der Waals surface area contributed by atoms with Gasteiger partial charge >= 0.3 is 12.8 Å². The van der Waals surface area contributed by atoms with E-state index in [2.05, 4.69) is 20.4 Å². The monoisotopic (exact) mass is 666 g/mol. The summed E-state index contributed by atoms with van der Waals surface area (Å²) < 4.78 is 98.5. The summed E-state index contributed by atoms with van der Waals surface area (Å²) in [5, 5.41) is 8.03. The van der Waals surface area contributed by atoms with E-state index in [1.54, 1.807) is 23.3 Å². The minimum absolute atomic E-state index is 0.0111. The van der Waals surface area contributed by atoms with Crippen LogP contribution in [0.15, 0.2) is 10.5 Å². The summed E-state index contributed by atoms with van der Waals surface area (Å²) in [6.45, 7) is 6.10. The molecule has 0 saturated carbocycles. The molecule has 0 saturated heterocycles. The first-order chi connectivity index (χ1) is 19.3. The molecular weight excluding hydrogens is 635 g/mol. The van der Waals surface area contributed by atoms with Crippen molar-refractivity contribution in [2.75, 3.05) is 24.5 Å². The average molecular weight is 667 g/mol. The largest absolute Gasteiger partial charge is 0.435 e. The number of rotatable bonds is 9. The molecule has 1 aliphatic rings. The number of anilines is 1. The molecule has 0 aliphatic carbocycles. The van der Waals surface area contributed by atoms with E-state index in [-0.39, 0.29) is 24.2 Å². The Morgan fingerprint density at radius 3 is 2.36 bits per heavy atom. The van der Waals surface area contributed by atoms with Gasteiger partial charge in [-0.05, 0) is 45.6 Å². The molecule has 1 amide bonds. The molecule has 0 aromatic carbocycles. The maximum atomic E-state index is 13.1. The lowest BCUT2D eigenvalue weighted by atomic mass is 10.1. The third-order valence-corrected chi connectivity index (χ3v) is 8.67. The van der Waals surface area contributed by atoms with Crippen LogP contribution in [-0.4, -0.2) is 67.0 Å². The number of alkyl halides is 6. The van der Waals surface area contributed by atoms with Crippen LogP contribution in [0, 0.1) is 13.8 Å². The molecule has 10 nitrogen and oxygen atoms in total. The second kappa shape index (κ2) is 13.9. The van der Waals surface area contributed by atoms with Crippen LogP contribution in [-0.2, 0) is 43.2 Å². The molecule has 0 unspecified atom stereocenters. The zero-order chi connectivity index (χ0) is 32.2. The molecule has 3 heterocycles. The van der Waals surface area contributed by atoms with Gasteiger partial charge in [-0.25, -0.2) is 13.1 Å². The van der Waals surface area contributed by atoms with Crippen molar-refractivity contribution < 1.29 is 49.5 Å². The van der Waals surface area contributed by atoms with Gasteiger partial charge in [0.15, 0.2) is 20.6 Å². The number of oxime groups is 1. The van der Waals surface area contributed by atoms with Gasteiger partial charge in [-0.15, -0.1) is 22.9 Å². The fourth-order valence-electron chi connectivity index (χ4n) is 4.08. The molecule has 0 fully saturated rings. The second-order valence-electron chi connectivity index (χ2n) is 9.93. The van der Waals surface area contributed by atoms with Crippen LogP contribution in [0.4, 0.5) is 27.6 Å². The van der Waals surface area contributed by atoms with Crippen molar-refractivity contribution >= 4 is 49.4 Å². The predicted octanol–water partition coefficient (Wildman–Crippen LogP) is 5.44. The van der Waals surface area contributed by atoms with Gasteiger partial charge in [-0.1, -0.05) is 5.16 Å². The maximum absolute atomic E-state index is 13.1. The zero-order valence-corrected chi connectivity index (χ0v) is 26.3. The predicted molar refractivity (Wildman–Crippen MR) is 148 cm³/mol. The first kappa shape index (κ1) is 35.7. The van der Waals surface area contributed by atoms with Crippen LogP contribution >= 0.6 is 22.9 Å². The number of hydrogen-bond acceptors (Lipinski definition) is 9. The Morgan fingerprint density at radius 1 is 1.31 bits per heavy atom. The van der Waals surface area contributed by atoms with E-state index >= 15 is 0 Å². The quantitative estimate of drug-likeness (QED) is 0.259. The van der Waals surface area contributed by atoms with E-state index in [4.69, 9.17) is 21.2 Å². The lowest BCUT2D eigenvalue weighted by molar-refractivity contribution is -0.142. The summed E-state index contributed by atoms with van der Waals surface area (Å²) in [4.78, 5) is 19.7. The van der Waals surface area contributed by atoms with Crippen LogP contribution < -0.4 is 9.64 Å². The van der Waals surface area contributed by atoms with Crippen molar-refractivity contribution in [3.05, 3.63) is 27.1 Å². The Balaban J connectivity index is 0.000000317. The second-order valence-corrected chi connectivity index (χ2v) is 13.3. The number of sulfone groups is 1. The Kier molecular flexibility index (Phi) is 11.8. The van der Waals surface area contributed by atoms with Crippen LogP contribution in [0.25, 0.3) is 0 Å². The number of halogens is 6. The van der Waals surface area contributed by atoms with Gasteiger partial charge in [-0.2, -0.15) is 27.1 Å². The number of ether oxygens (including phenoxy) is 2. The first-order valence-corrected chi connectivity index (χ1v) is 15.3. The molecule has 18 heteroatoms. The van der Waals surface area contributed by atoms with E-state index in [0.29, 0.717) is 11.3 Å². The molecule has 0 spiro atoms. The highest BCUT2D eigenvalue weighted by Crippen LogP contribution is 2.38. The molecule has 0 N–H and O–H groups in total. The van der Waals surface area contributed by atoms with Gasteiger partial charge in [0.2, 0.25) is 11.8 Å². The van der Waals surface area contributed by atoms with Crippen molar-refractivity contribution in [2.24, 2.45) is 12.2 Å². The molecule has 2 aromatic rings. The van der Waals surface area contributed by atoms with Crippen LogP contribution in [0.3, 0.4) is 0 Å². The van der Waals surface area contributed by atoms with Gasteiger partial charge < -0.3 is 19.2 Å². The smallest absolute Gasteiger partial charge is 0.417 e. The van der Waals surface area contributed by atoms with E-state index in [9.17, 15) is 35.2 Å². The highest BCUT2D eigenvalue weighted by Gasteiger charge is 2.43. The van der Waals surface area contributed by atoms with Gasteiger partial charge in [0.05, 0.1) is 29.7 Å². The van der Waals surface area contributed by atoms with Crippen LogP contribution in [0.2, 0.25) is 0 Å². The lowest BCUT2D eigenvalue weighted by Gasteiger charge is -2.29. The van der Waals surface area contributed by atoms with E-state index in [1.165, 1.54) is 13.8 Å². The molecule has 42 heavy (non-hydrogen) atoms. The van der Waals surface area contributed by atoms with E-state index in [1.807, 2.05) is 20.8 Å². The molecule has 238 valence electrons. The first-order valence-electron chi connectivity index (χ1n) is 12.2. The fourth-order valence-corrected chi connectivity index (χ4v) is 6.57. The third kappa shape index (κ3) is 8.76. The number of thiophene rings is 1. The normalized spacial score (nSPS) is 15.5. The van der Waals surface area contributed by atoms with Crippen LogP contribution in [0.1, 0.15) is 48.9 Å². The number of amides is 1. The van der Waals surface area contributed by atoms with Crippen molar-refractivity contribution in [1.82, 2.24) is 9.78 Å². The molecular formula is C24H32ClF5N4O6S2. The van der Waals surface area contributed by atoms with E-state index in [0.717, 1.165) is 23.2 Å². The van der Waals surface area contributed by atoms with Gasteiger partial charge in [0, 0.05) is 25.5 Å². The van der Waals surface area contributed by atoms with Crippen molar-refractivity contribution in [1.29, 1.82) is 0 Å². The maximum Gasteiger partial charge on any atom is 0.435 e. The Bertz CT molecular complexity index is 1370. The van der Waals surface area contributed by atoms with E-state index < -0.39 is 56.2 Å². The van der Waals surface area contributed by atoms with Crippen LogP contribution in [0.5, 0.6) is 5.88 Å². The minimum atomic E-state index is -5.06. The number of carbonyl (C=O) groups excluding carboxylic acids is 1. The standard InChI is InChI=1S/C12H18ClNO2S.C12H14F5N3O4S/c1-8-7-17-10(3)12(8)14(11(15)5-13)9(2)6-16-4;1-11(2)4-7(19-24-11)25(21,22)5-6-8(12(15,16)17)18-20(3)9(6)23-10(13)14/h7,9H,5-6H2,1-4H3;10H,4-5H2,1-3H3/t9-;/m0./s1. The lowest BCUT2D eigenvalue weighted by Crippen LogP contribution is -2.42. The highest BCUT2D eigenvalue weighted by molar-refractivity contribution is 8.05. The topological polar surface area (TPSA) is 112 Å². The highest BCUT2D eigenvalue weighted by atomic mass is 35.5. The van der Waals surface area contributed by atoms with Crippen molar-refractivity contribution in [3.8, 4) is 5.88 Å². The number of nitrogens with zero attached hydrogens (tertiary/aromatic N) is 4. The third-order valence-electron chi connectivity index (χ3n) is 5.81. The molecule has 0 bridgehead atoms. The molecule has 2 aromatic heterocycles. The minimum Gasteiger partial charge on any atom is -0.417 e. The summed E-state index contributed by atoms with van der Waals surface area (Å²) >= 11 is 7.33. The summed E-state index contributed by atoms with van der Waals surface area (Å²) in [5.41, 5.74) is -1.48. The van der Waals surface area contributed by atoms with Gasteiger partial charge in [-0.3, -0.25) is 4.79 Å². The van der Waals surface area contributed by atoms with Crippen molar-refractivity contribution in [2.45, 2.75) is 71.2 Å². The summed E-state index contributed by atoms with van der Waals surface area (Å²) in [7, 11) is -1.80. The molecule has 1 atom stereocenters. The number of hydrogen-bond donors (Lipinski definition) is 0. The summed E-state index contributed by atoms with van der Waals surface area (Å²) in [6, 6.07) is -0.0155.